The van der Waals surface area contributed by atoms with Crippen molar-refractivity contribution in [3.63, 3.8) is 0 Å². The molecule has 0 saturated carbocycles. The van der Waals surface area contributed by atoms with E-state index in [0.717, 1.165) is 22.3 Å². The normalized spacial score (nSPS) is 18.9. The maximum Gasteiger partial charge on any atom is 0.407 e. The summed E-state index contributed by atoms with van der Waals surface area (Å²) >= 11 is 0. The molecule has 0 radical (unpaired) electrons. The molecule has 4 rings (SSSR count). The van der Waals surface area contributed by atoms with Crippen LogP contribution in [0.1, 0.15) is 36.3 Å². The van der Waals surface area contributed by atoms with Gasteiger partial charge in [-0.05, 0) is 35.1 Å². The summed E-state index contributed by atoms with van der Waals surface area (Å²) in [6.45, 7) is 0.859. The summed E-state index contributed by atoms with van der Waals surface area (Å²) in [5.74, 6) is -1.22. The zero-order valence-electron chi connectivity index (χ0n) is 18.5. The number of benzene rings is 2. The summed E-state index contributed by atoms with van der Waals surface area (Å²) in [6.07, 6.45) is -0.540. The van der Waals surface area contributed by atoms with E-state index in [0.29, 0.717) is 26.0 Å². The number of hydrogen-bond donors (Lipinski definition) is 2. The minimum atomic E-state index is -0.900. The van der Waals surface area contributed by atoms with Crippen molar-refractivity contribution in [2.45, 2.75) is 37.3 Å². The zero-order chi connectivity index (χ0) is 23.4. The van der Waals surface area contributed by atoms with Gasteiger partial charge in [0.05, 0.1) is 6.04 Å². The summed E-state index contributed by atoms with van der Waals surface area (Å²) in [5.41, 5.74) is 4.57. The highest BCUT2D eigenvalue weighted by Crippen LogP contribution is 2.44. The van der Waals surface area contributed by atoms with E-state index < -0.39 is 24.2 Å². The second-order valence-electron chi connectivity index (χ2n) is 8.41. The molecule has 0 spiro atoms. The summed E-state index contributed by atoms with van der Waals surface area (Å²) in [5, 5.41) is 11.5. The first kappa shape index (κ1) is 22.8. The fourth-order valence-corrected chi connectivity index (χ4v) is 4.57. The van der Waals surface area contributed by atoms with Crippen molar-refractivity contribution < 1.29 is 29.0 Å². The molecule has 1 fully saturated rings. The van der Waals surface area contributed by atoms with Gasteiger partial charge in [0.25, 0.3) is 5.91 Å². The number of nitrogens with zero attached hydrogens (tertiary/aromatic N) is 1. The molecule has 8 heteroatoms. The Kier molecular flexibility index (Phi) is 6.93. The number of carbonyl (C=O) groups is 3. The lowest BCUT2D eigenvalue weighted by molar-refractivity contribution is -0.141. The van der Waals surface area contributed by atoms with Crippen LogP contribution in [-0.4, -0.2) is 66.9 Å². The molecular weight excluding hydrogens is 424 g/mol. The number of hydrogen-bond acceptors (Lipinski definition) is 5. The summed E-state index contributed by atoms with van der Waals surface area (Å²) in [6, 6.07) is 15.7. The number of carboxylic acids is 1. The van der Waals surface area contributed by atoms with Gasteiger partial charge < -0.3 is 24.8 Å². The van der Waals surface area contributed by atoms with Gasteiger partial charge in [-0.2, -0.15) is 0 Å². The van der Waals surface area contributed by atoms with E-state index in [9.17, 15) is 14.4 Å². The maximum atomic E-state index is 12.7. The molecule has 0 unspecified atom stereocenters. The van der Waals surface area contributed by atoms with Crippen LogP contribution < -0.4 is 5.32 Å². The third kappa shape index (κ3) is 5.01. The van der Waals surface area contributed by atoms with Gasteiger partial charge in [-0.3, -0.25) is 9.59 Å². The first-order valence-corrected chi connectivity index (χ1v) is 11.2. The van der Waals surface area contributed by atoms with Gasteiger partial charge in [-0.1, -0.05) is 48.5 Å². The summed E-state index contributed by atoms with van der Waals surface area (Å²) in [4.78, 5) is 37.4. The van der Waals surface area contributed by atoms with Gasteiger partial charge in [0.15, 0.2) is 6.10 Å². The first-order valence-electron chi connectivity index (χ1n) is 11.2. The molecule has 33 heavy (non-hydrogen) atoms. The minimum Gasteiger partial charge on any atom is -0.481 e. The number of aliphatic carboxylic acids is 1. The van der Waals surface area contributed by atoms with Gasteiger partial charge in [-0.15, -0.1) is 0 Å². The fourth-order valence-electron chi connectivity index (χ4n) is 4.57. The van der Waals surface area contributed by atoms with E-state index in [2.05, 4.69) is 29.6 Å². The van der Waals surface area contributed by atoms with Crippen molar-refractivity contribution in [2.75, 3.05) is 26.8 Å². The highest BCUT2D eigenvalue weighted by atomic mass is 16.6. The van der Waals surface area contributed by atoms with Crippen LogP contribution in [-0.2, 0) is 19.1 Å². The smallest absolute Gasteiger partial charge is 0.407 e. The third-order valence-electron chi connectivity index (χ3n) is 6.24. The van der Waals surface area contributed by atoms with Gasteiger partial charge in [0.2, 0.25) is 0 Å². The Bertz CT molecular complexity index is 994. The molecule has 2 amide bonds. The van der Waals surface area contributed by atoms with Crippen molar-refractivity contribution >= 4 is 18.0 Å². The molecule has 1 heterocycles. The predicted octanol–water partition coefficient (Wildman–Crippen LogP) is 3.01. The maximum absolute atomic E-state index is 12.7. The number of carboxylic acid groups (broad SMARTS) is 1. The van der Waals surface area contributed by atoms with Crippen molar-refractivity contribution in [1.82, 2.24) is 10.2 Å². The number of fused-ring (bicyclic) bond motifs is 3. The lowest BCUT2D eigenvalue weighted by Gasteiger charge is -2.25. The van der Waals surface area contributed by atoms with Crippen LogP contribution in [0.3, 0.4) is 0 Å². The summed E-state index contributed by atoms with van der Waals surface area (Å²) in [7, 11) is 1.61. The van der Waals surface area contributed by atoms with Crippen molar-refractivity contribution in [3.05, 3.63) is 59.7 Å². The molecule has 2 atom stereocenters. The first-order chi connectivity index (χ1) is 16.0. The molecule has 2 aliphatic rings. The van der Waals surface area contributed by atoms with E-state index in [1.54, 1.807) is 7.05 Å². The largest absolute Gasteiger partial charge is 0.481 e. The lowest BCUT2D eigenvalue weighted by Crippen LogP contribution is -2.49. The SMILES string of the molecule is CN(CCCC(=O)O)C(=O)[C@H]1OCC[C@H]1NC(=O)OCC1c2ccccc2-c2ccccc21. The Morgan fingerprint density at radius 2 is 1.73 bits per heavy atom. The Balaban J connectivity index is 1.33. The van der Waals surface area contributed by atoms with Crippen LogP contribution >= 0.6 is 0 Å². The number of alkyl carbamates (subject to hydrolysis) is 1. The van der Waals surface area contributed by atoms with Crippen molar-refractivity contribution in [2.24, 2.45) is 0 Å². The van der Waals surface area contributed by atoms with Crippen LogP contribution in [0.15, 0.2) is 48.5 Å². The van der Waals surface area contributed by atoms with Crippen LogP contribution in [0.4, 0.5) is 4.79 Å². The Morgan fingerprint density at radius 3 is 2.36 bits per heavy atom. The van der Waals surface area contributed by atoms with Gasteiger partial charge in [0, 0.05) is 32.5 Å². The van der Waals surface area contributed by atoms with E-state index in [4.69, 9.17) is 14.6 Å². The molecule has 2 N–H and O–H groups in total. The molecule has 0 aromatic heterocycles. The average Bonchev–Trinajstić information content (AvgIpc) is 3.39. The highest BCUT2D eigenvalue weighted by molar-refractivity contribution is 5.83. The lowest BCUT2D eigenvalue weighted by atomic mass is 9.98. The molecule has 1 saturated heterocycles. The number of ether oxygens (including phenoxy) is 2. The van der Waals surface area contributed by atoms with Crippen LogP contribution in [0.2, 0.25) is 0 Å². The Morgan fingerprint density at radius 1 is 1.09 bits per heavy atom. The molecule has 174 valence electrons. The van der Waals surface area contributed by atoms with Crippen LogP contribution in [0.25, 0.3) is 11.1 Å². The van der Waals surface area contributed by atoms with Crippen molar-refractivity contribution in [3.8, 4) is 11.1 Å². The highest BCUT2D eigenvalue weighted by Gasteiger charge is 2.37. The standard InChI is InChI=1S/C25H28N2O6/c1-27(13-6-11-22(28)29)24(30)23-21(12-14-32-23)26-25(31)33-15-20-18-9-4-2-7-16(18)17-8-3-5-10-19(17)20/h2-5,7-10,20-21,23H,6,11-15H2,1H3,(H,26,31)(H,28,29)/t21-,23+/m1/s1. The zero-order valence-corrected chi connectivity index (χ0v) is 18.5. The third-order valence-corrected chi connectivity index (χ3v) is 6.24. The fraction of sp³-hybridized carbons (Fsp3) is 0.400. The minimum absolute atomic E-state index is 0.00935. The molecule has 1 aliphatic carbocycles. The number of rotatable bonds is 8. The van der Waals surface area contributed by atoms with E-state index in [1.165, 1.54) is 4.90 Å². The Labute approximate surface area is 192 Å². The number of amides is 2. The Hall–Kier alpha value is -3.39. The number of nitrogens with one attached hydrogen (secondary N) is 1. The quantitative estimate of drug-likeness (QED) is 0.638. The van der Waals surface area contributed by atoms with Gasteiger partial charge in [0.1, 0.15) is 6.61 Å². The van der Waals surface area contributed by atoms with Gasteiger partial charge >= 0.3 is 12.1 Å². The topological polar surface area (TPSA) is 105 Å². The van der Waals surface area contributed by atoms with Gasteiger partial charge in [-0.25, -0.2) is 4.79 Å². The van der Waals surface area contributed by atoms with E-state index in [1.807, 2.05) is 24.3 Å². The van der Waals surface area contributed by atoms with Crippen molar-refractivity contribution in [1.29, 1.82) is 0 Å². The van der Waals surface area contributed by atoms with Crippen LogP contribution in [0.5, 0.6) is 0 Å². The molecular formula is C25H28N2O6. The second-order valence-corrected chi connectivity index (χ2v) is 8.41. The molecule has 2 aromatic rings. The number of carbonyl (C=O) groups excluding carboxylic acids is 2. The summed E-state index contributed by atoms with van der Waals surface area (Å²) < 4.78 is 11.2. The molecule has 1 aliphatic heterocycles. The van der Waals surface area contributed by atoms with Crippen LogP contribution in [0, 0.1) is 0 Å². The second kappa shape index (κ2) is 10.0. The monoisotopic (exact) mass is 452 g/mol. The molecule has 2 aromatic carbocycles. The molecule has 0 bridgehead atoms. The molecule has 8 nitrogen and oxygen atoms in total. The predicted molar refractivity (Wildman–Crippen MR) is 121 cm³/mol. The van der Waals surface area contributed by atoms with E-state index >= 15 is 0 Å². The average molecular weight is 453 g/mol. The van der Waals surface area contributed by atoms with E-state index in [-0.39, 0.29) is 24.9 Å². The number of likely N-dealkylation sites (N-methyl/N-ethyl adjacent to an activating group) is 1.